The third-order valence-electron chi connectivity index (χ3n) is 4.24. The Labute approximate surface area is 135 Å². The van der Waals surface area contributed by atoms with Crippen LogP contribution in [-0.2, 0) is 0 Å². The van der Waals surface area contributed by atoms with Gasteiger partial charge in [0.2, 0.25) is 0 Å². The number of likely N-dealkylation sites (tertiary alicyclic amines) is 1. The third kappa shape index (κ3) is 4.28. The molecule has 0 aromatic carbocycles. The van der Waals surface area contributed by atoms with Gasteiger partial charge in [-0.2, -0.15) is 0 Å². The largest absolute Gasteiger partial charge is 0.326 e. The molecule has 2 rings (SSSR count). The van der Waals surface area contributed by atoms with Crippen molar-refractivity contribution in [2.24, 2.45) is 11.7 Å². The highest BCUT2D eigenvalue weighted by molar-refractivity contribution is 9.11. The lowest BCUT2D eigenvalue weighted by Gasteiger charge is -2.36. The Morgan fingerprint density at radius 1 is 1.45 bits per heavy atom. The molecule has 1 aromatic heterocycles. The second kappa shape index (κ2) is 7.36. The Morgan fingerprint density at radius 2 is 2.10 bits per heavy atom. The lowest BCUT2D eigenvalue weighted by atomic mass is 9.95. The van der Waals surface area contributed by atoms with Crippen LogP contribution in [0.3, 0.4) is 0 Å². The van der Waals surface area contributed by atoms with E-state index >= 15 is 0 Å². The van der Waals surface area contributed by atoms with Gasteiger partial charge in [-0.25, -0.2) is 0 Å². The monoisotopic (exact) mass is 359 g/mol. The van der Waals surface area contributed by atoms with Crippen LogP contribution in [0.1, 0.15) is 30.7 Å². The molecule has 0 radical (unpaired) electrons. The zero-order valence-electron chi connectivity index (χ0n) is 12.7. The third-order valence-corrected chi connectivity index (χ3v) is 5.94. The van der Waals surface area contributed by atoms with Crippen LogP contribution in [0.5, 0.6) is 0 Å². The molecule has 3 nitrogen and oxygen atoms in total. The van der Waals surface area contributed by atoms with E-state index in [0.29, 0.717) is 6.04 Å². The van der Waals surface area contributed by atoms with Gasteiger partial charge in [0.15, 0.2) is 0 Å². The van der Waals surface area contributed by atoms with Crippen molar-refractivity contribution in [3.05, 3.63) is 20.8 Å². The lowest BCUT2D eigenvalue weighted by Crippen LogP contribution is -2.41. The minimum atomic E-state index is 0.150. The minimum Gasteiger partial charge on any atom is -0.326 e. The predicted octanol–water partition coefficient (Wildman–Crippen LogP) is 3.17. The van der Waals surface area contributed by atoms with Crippen LogP contribution >= 0.6 is 27.3 Å². The number of hydrogen-bond donors (Lipinski definition) is 1. The topological polar surface area (TPSA) is 32.5 Å². The zero-order chi connectivity index (χ0) is 14.7. The molecule has 5 heteroatoms. The zero-order valence-corrected chi connectivity index (χ0v) is 15.1. The van der Waals surface area contributed by atoms with E-state index in [1.54, 1.807) is 11.3 Å². The van der Waals surface area contributed by atoms with Crippen molar-refractivity contribution in [1.82, 2.24) is 9.80 Å². The van der Waals surface area contributed by atoms with Gasteiger partial charge >= 0.3 is 0 Å². The van der Waals surface area contributed by atoms with Crippen LogP contribution in [-0.4, -0.2) is 49.6 Å². The van der Waals surface area contributed by atoms with Crippen molar-refractivity contribution < 1.29 is 0 Å². The van der Waals surface area contributed by atoms with Gasteiger partial charge in [-0.3, -0.25) is 4.90 Å². The summed E-state index contributed by atoms with van der Waals surface area (Å²) in [6.07, 6.45) is 2.61. The number of nitrogens with two attached hydrogens (primary N) is 1. The number of thiophene rings is 1. The highest BCUT2D eigenvalue weighted by Crippen LogP contribution is 2.32. The first kappa shape index (κ1) is 16.4. The molecule has 1 aliphatic rings. The molecule has 0 aliphatic carbocycles. The summed E-state index contributed by atoms with van der Waals surface area (Å²) in [6.45, 7) is 5.72. The van der Waals surface area contributed by atoms with Gasteiger partial charge in [-0.1, -0.05) is 0 Å². The van der Waals surface area contributed by atoms with Crippen LogP contribution in [0.15, 0.2) is 15.9 Å². The van der Waals surface area contributed by atoms with Gasteiger partial charge in [-0.15, -0.1) is 11.3 Å². The fourth-order valence-electron chi connectivity index (χ4n) is 3.13. The fourth-order valence-corrected chi connectivity index (χ4v) is 4.84. The molecule has 1 fully saturated rings. The van der Waals surface area contributed by atoms with E-state index in [1.807, 2.05) is 0 Å². The van der Waals surface area contributed by atoms with Gasteiger partial charge < -0.3 is 10.6 Å². The van der Waals surface area contributed by atoms with Crippen molar-refractivity contribution in [1.29, 1.82) is 0 Å². The molecule has 0 spiro atoms. The van der Waals surface area contributed by atoms with Gasteiger partial charge in [0, 0.05) is 17.5 Å². The van der Waals surface area contributed by atoms with E-state index in [0.717, 1.165) is 12.5 Å². The lowest BCUT2D eigenvalue weighted by molar-refractivity contribution is 0.141. The quantitative estimate of drug-likeness (QED) is 0.876. The Bertz CT molecular complexity index is 413. The molecular formula is C15H26BrN3S. The SMILES string of the molecule is CC(N)C(c1ccc(Br)s1)N(C)CC1CCN(C)CC1. The van der Waals surface area contributed by atoms with E-state index in [4.69, 9.17) is 5.73 Å². The fraction of sp³-hybridized carbons (Fsp3) is 0.733. The number of rotatable bonds is 5. The molecule has 1 saturated heterocycles. The predicted molar refractivity (Wildman–Crippen MR) is 91.3 cm³/mol. The van der Waals surface area contributed by atoms with Gasteiger partial charge in [-0.05, 0) is 80.9 Å². The summed E-state index contributed by atoms with van der Waals surface area (Å²) in [6, 6.07) is 4.80. The van der Waals surface area contributed by atoms with E-state index < -0.39 is 0 Å². The molecule has 2 heterocycles. The maximum absolute atomic E-state index is 6.25. The van der Waals surface area contributed by atoms with Crippen molar-refractivity contribution in [2.45, 2.75) is 31.8 Å². The number of nitrogens with zero attached hydrogens (tertiary/aromatic N) is 2. The number of piperidine rings is 1. The molecule has 0 bridgehead atoms. The van der Waals surface area contributed by atoms with E-state index in [9.17, 15) is 0 Å². The molecule has 2 unspecified atom stereocenters. The van der Waals surface area contributed by atoms with Crippen LogP contribution in [0, 0.1) is 5.92 Å². The first-order valence-corrected chi connectivity index (χ1v) is 8.98. The molecule has 1 aromatic rings. The average Bonchev–Trinajstić information content (AvgIpc) is 2.78. The molecule has 1 aliphatic heterocycles. The Balaban J connectivity index is 1.98. The highest BCUT2D eigenvalue weighted by Gasteiger charge is 2.26. The number of hydrogen-bond acceptors (Lipinski definition) is 4. The minimum absolute atomic E-state index is 0.150. The summed E-state index contributed by atoms with van der Waals surface area (Å²) in [4.78, 5) is 6.25. The second-order valence-electron chi connectivity index (χ2n) is 6.13. The molecular weight excluding hydrogens is 334 g/mol. The molecule has 2 N–H and O–H groups in total. The van der Waals surface area contributed by atoms with E-state index in [-0.39, 0.29) is 6.04 Å². The molecule has 0 saturated carbocycles. The van der Waals surface area contributed by atoms with Crippen molar-refractivity contribution in [3.63, 3.8) is 0 Å². The van der Waals surface area contributed by atoms with Crippen LogP contribution in [0.25, 0.3) is 0 Å². The van der Waals surface area contributed by atoms with Gasteiger partial charge in [0.1, 0.15) is 0 Å². The van der Waals surface area contributed by atoms with Crippen molar-refractivity contribution >= 4 is 27.3 Å². The van der Waals surface area contributed by atoms with Crippen molar-refractivity contribution in [3.8, 4) is 0 Å². The summed E-state index contributed by atoms with van der Waals surface area (Å²) >= 11 is 5.36. The molecule has 20 heavy (non-hydrogen) atoms. The van der Waals surface area contributed by atoms with E-state index in [2.05, 4.69) is 58.9 Å². The maximum atomic E-state index is 6.25. The van der Waals surface area contributed by atoms with Gasteiger partial charge in [0.05, 0.1) is 9.83 Å². The van der Waals surface area contributed by atoms with Crippen molar-refractivity contribution in [2.75, 3.05) is 33.7 Å². The number of halogens is 1. The Kier molecular flexibility index (Phi) is 6.05. The smallest absolute Gasteiger partial charge is 0.0702 e. The summed E-state index contributed by atoms with van der Waals surface area (Å²) in [5, 5.41) is 0. The number of likely N-dealkylation sites (N-methyl/N-ethyl adjacent to an activating group) is 1. The van der Waals surface area contributed by atoms with Crippen LogP contribution < -0.4 is 5.73 Å². The van der Waals surface area contributed by atoms with Gasteiger partial charge in [0.25, 0.3) is 0 Å². The molecule has 2 atom stereocenters. The average molecular weight is 360 g/mol. The first-order valence-electron chi connectivity index (χ1n) is 7.37. The second-order valence-corrected chi connectivity index (χ2v) is 8.63. The summed E-state index contributed by atoms with van der Waals surface area (Å²) in [5.74, 6) is 0.806. The normalized spacial score (nSPS) is 21.3. The maximum Gasteiger partial charge on any atom is 0.0702 e. The standard InChI is InChI=1S/C15H26BrN3S/c1-11(17)15(13-4-5-14(16)20-13)19(3)10-12-6-8-18(2)9-7-12/h4-5,11-12,15H,6-10,17H2,1-3H3. The Hall–Kier alpha value is 0.0600. The molecule has 0 amide bonds. The van der Waals surface area contributed by atoms with Crippen LogP contribution in [0.2, 0.25) is 0 Å². The molecule has 114 valence electrons. The first-order chi connectivity index (χ1) is 9.47. The van der Waals surface area contributed by atoms with E-state index in [1.165, 1.54) is 34.6 Å². The summed E-state index contributed by atoms with van der Waals surface area (Å²) < 4.78 is 1.19. The highest BCUT2D eigenvalue weighted by atomic mass is 79.9. The Morgan fingerprint density at radius 3 is 2.60 bits per heavy atom. The summed E-state index contributed by atoms with van der Waals surface area (Å²) in [5.41, 5.74) is 6.25. The van der Waals surface area contributed by atoms with Crippen LogP contribution in [0.4, 0.5) is 0 Å². The summed E-state index contributed by atoms with van der Waals surface area (Å²) in [7, 11) is 4.44.